The van der Waals surface area contributed by atoms with Gasteiger partial charge in [-0.25, -0.2) is 4.98 Å². The van der Waals surface area contributed by atoms with Gasteiger partial charge in [-0.3, -0.25) is 4.98 Å². The number of nitrogens with one attached hydrogen (secondary N) is 1. The second-order valence-corrected chi connectivity index (χ2v) is 6.66. The van der Waals surface area contributed by atoms with Crippen molar-refractivity contribution in [2.75, 3.05) is 11.9 Å². The highest BCUT2D eigenvalue weighted by molar-refractivity contribution is 7.07. The average molecular weight is 290 g/mol. The maximum Gasteiger partial charge on any atom is 0.0795 e. The van der Waals surface area contributed by atoms with Gasteiger partial charge in [0.05, 0.1) is 17.7 Å². The van der Waals surface area contributed by atoms with E-state index >= 15 is 0 Å². The molecule has 0 fully saturated rings. The Labute approximate surface area is 124 Å². The molecule has 5 heteroatoms. The van der Waals surface area contributed by atoms with Gasteiger partial charge in [0.25, 0.3) is 0 Å². The van der Waals surface area contributed by atoms with Gasteiger partial charge in [0.2, 0.25) is 0 Å². The van der Waals surface area contributed by atoms with Crippen LogP contribution < -0.4 is 10.2 Å². The predicted molar refractivity (Wildman–Crippen MR) is 85.1 cm³/mol. The zero-order valence-electron chi connectivity index (χ0n) is 12.6. The molecule has 0 aromatic carbocycles. The standard InChI is InChI=1S/C15H22N4S/c1-15(2,3)18-8-12-7-16-6-5-14(12)19(4)9-13-10-20-11-17-13/h5-7,10-11,18H,8-9H2,1-4H3. The van der Waals surface area contributed by atoms with Gasteiger partial charge in [0.1, 0.15) is 0 Å². The quantitative estimate of drug-likeness (QED) is 0.919. The molecule has 20 heavy (non-hydrogen) atoms. The Hall–Kier alpha value is -1.46. The first-order chi connectivity index (χ1) is 9.46. The summed E-state index contributed by atoms with van der Waals surface area (Å²) in [5.74, 6) is 0. The van der Waals surface area contributed by atoms with Crippen LogP contribution in [0, 0.1) is 0 Å². The van der Waals surface area contributed by atoms with Crippen molar-refractivity contribution in [2.24, 2.45) is 0 Å². The van der Waals surface area contributed by atoms with Crippen LogP contribution in [0.2, 0.25) is 0 Å². The average Bonchev–Trinajstić information content (AvgIpc) is 2.88. The van der Waals surface area contributed by atoms with Gasteiger partial charge in [0, 0.05) is 48.2 Å². The molecule has 2 aromatic rings. The number of thiazole rings is 1. The Morgan fingerprint density at radius 3 is 2.80 bits per heavy atom. The molecule has 0 bridgehead atoms. The molecule has 0 aliphatic carbocycles. The fourth-order valence-corrected chi connectivity index (χ4v) is 2.48. The lowest BCUT2D eigenvalue weighted by atomic mass is 10.1. The highest BCUT2D eigenvalue weighted by Gasteiger charge is 2.13. The SMILES string of the molecule is CN(Cc1cscn1)c1ccncc1CNC(C)(C)C. The third-order valence-corrected chi connectivity index (χ3v) is 3.62. The molecule has 0 aliphatic rings. The smallest absolute Gasteiger partial charge is 0.0795 e. The van der Waals surface area contributed by atoms with Crippen LogP contribution in [-0.2, 0) is 13.1 Å². The van der Waals surface area contributed by atoms with Crippen LogP contribution in [0.1, 0.15) is 32.0 Å². The van der Waals surface area contributed by atoms with E-state index in [1.165, 1.54) is 11.3 Å². The second kappa shape index (κ2) is 6.33. The summed E-state index contributed by atoms with van der Waals surface area (Å²) in [5, 5.41) is 5.60. The molecule has 0 radical (unpaired) electrons. The minimum absolute atomic E-state index is 0.0978. The van der Waals surface area contributed by atoms with Crippen LogP contribution in [0.5, 0.6) is 0 Å². The number of nitrogens with zero attached hydrogens (tertiary/aromatic N) is 3. The Morgan fingerprint density at radius 1 is 1.35 bits per heavy atom. The maximum absolute atomic E-state index is 4.34. The molecule has 0 saturated heterocycles. The van der Waals surface area contributed by atoms with Gasteiger partial charge in [-0.15, -0.1) is 11.3 Å². The molecule has 1 N–H and O–H groups in total. The first-order valence-corrected chi connectivity index (χ1v) is 7.66. The summed E-state index contributed by atoms with van der Waals surface area (Å²) >= 11 is 1.63. The van der Waals surface area contributed by atoms with E-state index in [2.05, 4.69) is 59.4 Å². The number of anilines is 1. The Balaban J connectivity index is 2.10. The fourth-order valence-electron chi connectivity index (χ4n) is 1.93. The Bertz CT molecular complexity index is 531. The van der Waals surface area contributed by atoms with E-state index in [9.17, 15) is 0 Å². The van der Waals surface area contributed by atoms with E-state index in [-0.39, 0.29) is 5.54 Å². The first-order valence-electron chi connectivity index (χ1n) is 6.72. The molecule has 2 aromatic heterocycles. The highest BCUT2D eigenvalue weighted by Crippen LogP contribution is 2.20. The number of rotatable bonds is 5. The Kier molecular flexibility index (Phi) is 4.73. The molecule has 0 saturated carbocycles. The fraction of sp³-hybridized carbons (Fsp3) is 0.467. The molecule has 0 spiro atoms. The van der Waals surface area contributed by atoms with Crippen LogP contribution in [0.4, 0.5) is 5.69 Å². The summed E-state index contributed by atoms with van der Waals surface area (Å²) in [5.41, 5.74) is 5.48. The van der Waals surface area contributed by atoms with E-state index < -0.39 is 0 Å². The van der Waals surface area contributed by atoms with Crippen molar-refractivity contribution < 1.29 is 0 Å². The number of aromatic nitrogens is 2. The van der Waals surface area contributed by atoms with E-state index in [1.54, 1.807) is 11.3 Å². The van der Waals surface area contributed by atoms with E-state index in [1.807, 2.05) is 17.9 Å². The summed E-state index contributed by atoms with van der Waals surface area (Å²) in [4.78, 5) is 10.8. The molecule has 4 nitrogen and oxygen atoms in total. The van der Waals surface area contributed by atoms with Crippen LogP contribution in [0.25, 0.3) is 0 Å². The summed E-state index contributed by atoms with van der Waals surface area (Å²) in [6, 6.07) is 2.06. The van der Waals surface area contributed by atoms with Crippen LogP contribution in [0.3, 0.4) is 0 Å². The molecular weight excluding hydrogens is 268 g/mol. The maximum atomic E-state index is 4.34. The largest absolute Gasteiger partial charge is 0.368 e. The van der Waals surface area contributed by atoms with Crippen molar-refractivity contribution in [3.8, 4) is 0 Å². The molecule has 0 amide bonds. The lowest BCUT2D eigenvalue weighted by Crippen LogP contribution is -2.35. The Morgan fingerprint density at radius 2 is 2.15 bits per heavy atom. The summed E-state index contributed by atoms with van der Waals surface area (Å²) < 4.78 is 0. The molecular formula is C15H22N4S. The third kappa shape index (κ3) is 4.28. The molecule has 0 atom stereocenters. The number of pyridine rings is 1. The van der Waals surface area contributed by atoms with Gasteiger partial charge in [0.15, 0.2) is 0 Å². The van der Waals surface area contributed by atoms with Crippen molar-refractivity contribution in [1.29, 1.82) is 0 Å². The van der Waals surface area contributed by atoms with E-state index in [4.69, 9.17) is 0 Å². The highest BCUT2D eigenvalue weighted by atomic mass is 32.1. The number of hydrogen-bond acceptors (Lipinski definition) is 5. The van der Waals surface area contributed by atoms with Crippen LogP contribution >= 0.6 is 11.3 Å². The van der Waals surface area contributed by atoms with Gasteiger partial charge in [-0.05, 0) is 26.8 Å². The topological polar surface area (TPSA) is 41.1 Å². The molecule has 0 unspecified atom stereocenters. The van der Waals surface area contributed by atoms with Gasteiger partial charge in [-0.1, -0.05) is 0 Å². The lowest BCUT2D eigenvalue weighted by Gasteiger charge is -2.25. The van der Waals surface area contributed by atoms with E-state index in [0.717, 1.165) is 18.8 Å². The minimum atomic E-state index is 0.0978. The van der Waals surface area contributed by atoms with Crippen LogP contribution in [0.15, 0.2) is 29.4 Å². The summed E-state index contributed by atoms with van der Waals surface area (Å²) in [7, 11) is 2.09. The monoisotopic (exact) mass is 290 g/mol. The molecule has 2 rings (SSSR count). The molecule has 108 valence electrons. The molecule has 0 aliphatic heterocycles. The van der Waals surface area contributed by atoms with Crippen molar-refractivity contribution in [2.45, 2.75) is 39.4 Å². The van der Waals surface area contributed by atoms with Crippen LogP contribution in [-0.4, -0.2) is 22.6 Å². The third-order valence-electron chi connectivity index (χ3n) is 2.98. The van der Waals surface area contributed by atoms with Gasteiger partial charge >= 0.3 is 0 Å². The normalized spacial score (nSPS) is 11.6. The number of hydrogen-bond donors (Lipinski definition) is 1. The van der Waals surface area contributed by atoms with Crippen molar-refractivity contribution in [3.05, 3.63) is 40.6 Å². The van der Waals surface area contributed by atoms with Gasteiger partial charge < -0.3 is 10.2 Å². The first kappa shape index (κ1) is 14.9. The van der Waals surface area contributed by atoms with Crippen molar-refractivity contribution in [3.63, 3.8) is 0 Å². The summed E-state index contributed by atoms with van der Waals surface area (Å²) in [6.07, 6.45) is 3.78. The zero-order chi connectivity index (χ0) is 14.6. The predicted octanol–water partition coefficient (Wildman–Crippen LogP) is 3.06. The second-order valence-electron chi connectivity index (χ2n) is 5.94. The molecule has 2 heterocycles. The van der Waals surface area contributed by atoms with Gasteiger partial charge in [-0.2, -0.15) is 0 Å². The van der Waals surface area contributed by atoms with E-state index in [0.29, 0.717) is 0 Å². The zero-order valence-corrected chi connectivity index (χ0v) is 13.4. The van der Waals surface area contributed by atoms with Crippen molar-refractivity contribution >= 4 is 17.0 Å². The minimum Gasteiger partial charge on any atom is -0.368 e. The lowest BCUT2D eigenvalue weighted by molar-refractivity contribution is 0.424. The van der Waals surface area contributed by atoms with Crippen molar-refractivity contribution in [1.82, 2.24) is 15.3 Å². The summed E-state index contributed by atoms with van der Waals surface area (Å²) in [6.45, 7) is 8.14.